The van der Waals surface area contributed by atoms with Gasteiger partial charge in [-0.3, -0.25) is 14.5 Å². The summed E-state index contributed by atoms with van der Waals surface area (Å²) in [5, 5.41) is -0.399. The molecule has 0 saturated carbocycles. The van der Waals surface area contributed by atoms with Crippen LogP contribution in [0.15, 0.2) is 91.5 Å². The number of amides is 2. The van der Waals surface area contributed by atoms with Gasteiger partial charge in [-0.25, -0.2) is 0 Å². The normalized spacial score (nSPS) is 15.3. The van der Waals surface area contributed by atoms with Crippen LogP contribution in [0.2, 0.25) is 0 Å². The van der Waals surface area contributed by atoms with E-state index in [9.17, 15) is 18.0 Å². The van der Waals surface area contributed by atoms with Gasteiger partial charge in [0, 0.05) is 14.5 Å². The Labute approximate surface area is 212 Å². The molecule has 168 valence electrons. The Morgan fingerprint density at radius 1 is 0.909 bits per heavy atom. The minimum absolute atomic E-state index is 0.00805. The van der Waals surface area contributed by atoms with Crippen molar-refractivity contribution in [3.63, 3.8) is 0 Å². The van der Waals surface area contributed by atoms with Crippen molar-refractivity contribution < 1.29 is 22.2 Å². The second-order valence-electron chi connectivity index (χ2n) is 6.93. The highest BCUT2D eigenvalue weighted by Crippen LogP contribution is 2.36. The van der Waals surface area contributed by atoms with Crippen molar-refractivity contribution in [3.8, 4) is 5.75 Å². The zero-order valence-electron chi connectivity index (χ0n) is 16.8. The molecular formula is C23H15Br2NO5S2. The van der Waals surface area contributed by atoms with Gasteiger partial charge in [0.05, 0.1) is 11.4 Å². The molecule has 1 aliphatic rings. The summed E-state index contributed by atoms with van der Waals surface area (Å²) in [6.45, 7) is 0.138. The Kier molecular flexibility index (Phi) is 7.08. The molecule has 1 fully saturated rings. The van der Waals surface area contributed by atoms with Gasteiger partial charge in [-0.1, -0.05) is 62.2 Å². The maximum absolute atomic E-state index is 12.9. The summed E-state index contributed by atoms with van der Waals surface area (Å²) in [5.74, 6) is -0.411. The lowest BCUT2D eigenvalue weighted by Crippen LogP contribution is -2.27. The first kappa shape index (κ1) is 23.7. The van der Waals surface area contributed by atoms with E-state index in [4.69, 9.17) is 4.18 Å². The van der Waals surface area contributed by atoms with Crippen molar-refractivity contribution >= 4 is 71.0 Å². The maximum Gasteiger partial charge on any atom is 0.339 e. The molecule has 0 bridgehead atoms. The zero-order chi connectivity index (χ0) is 23.6. The van der Waals surface area contributed by atoms with Crippen LogP contribution in [0.1, 0.15) is 11.1 Å². The highest BCUT2D eigenvalue weighted by molar-refractivity contribution is 9.10. The van der Waals surface area contributed by atoms with Gasteiger partial charge in [0.2, 0.25) is 0 Å². The number of halogens is 2. The van der Waals surface area contributed by atoms with Gasteiger partial charge in [-0.05, 0) is 65.9 Å². The molecule has 2 amide bonds. The molecule has 0 N–H and O–H groups in total. The Hall–Kier alpha value is -2.40. The molecule has 0 radical (unpaired) electrons. The SMILES string of the molecule is O=C1S/C(=C\c2cc(Br)ccc2OS(=O)(=O)c2ccccc2)C(=O)N1Cc1ccc(Br)cc1. The Bertz CT molecular complexity index is 1360. The molecule has 6 nitrogen and oxygen atoms in total. The summed E-state index contributed by atoms with van der Waals surface area (Å²) < 4.78 is 32.3. The minimum atomic E-state index is -4.08. The zero-order valence-corrected chi connectivity index (χ0v) is 21.6. The molecule has 0 atom stereocenters. The summed E-state index contributed by atoms with van der Waals surface area (Å²) in [7, 11) is -4.08. The summed E-state index contributed by atoms with van der Waals surface area (Å²) in [4.78, 5) is 26.8. The van der Waals surface area contributed by atoms with Crippen LogP contribution in [0.4, 0.5) is 4.79 Å². The lowest BCUT2D eigenvalue weighted by molar-refractivity contribution is -0.123. The molecule has 10 heteroatoms. The van der Waals surface area contributed by atoms with Gasteiger partial charge in [0.1, 0.15) is 10.6 Å². The molecule has 0 aromatic heterocycles. The van der Waals surface area contributed by atoms with Crippen LogP contribution in [-0.4, -0.2) is 24.5 Å². The standard InChI is InChI=1S/C23H15Br2NO5S2/c24-17-8-6-15(7-9-17)14-26-22(27)21(32-23(26)28)13-16-12-18(25)10-11-20(16)31-33(29,30)19-4-2-1-3-5-19/h1-13H,14H2/b21-13-. The average molecular weight is 609 g/mol. The smallest absolute Gasteiger partial charge is 0.339 e. The Balaban J connectivity index is 1.62. The fraction of sp³-hybridized carbons (Fsp3) is 0.0435. The highest BCUT2D eigenvalue weighted by atomic mass is 79.9. The van der Waals surface area contributed by atoms with Crippen molar-refractivity contribution in [2.45, 2.75) is 11.4 Å². The molecule has 1 aliphatic heterocycles. The van der Waals surface area contributed by atoms with Crippen molar-refractivity contribution in [2.75, 3.05) is 0 Å². The fourth-order valence-electron chi connectivity index (χ4n) is 3.01. The largest absolute Gasteiger partial charge is 0.378 e. The van der Waals surface area contributed by atoms with Crippen molar-refractivity contribution in [2.24, 2.45) is 0 Å². The number of carbonyl (C=O) groups is 2. The molecule has 0 unspecified atom stereocenters. The molecule has 3 aromatic carbocycles. The molecular weight excluding hydrogens is 594 g/mol. The fourth-order valence-corrected chi connectivity index (χ4v) is 5.46. The summed E-state index contributed by atoms with van der Waals surface area (Å²) in [6.07, 6.45) is 1.47. The quantitative estimate of drug-likeness (QED) is 0.244. The second-order valence-corrected chi connectivity index (χ2v) is 11.3. The van der Waals surface area contributed by atoms with Gasteiger partial charge >= 0.3 is 10.1 Å². The number of hydrogen-bond acceptors (Lipinski definition) is 6. The van der Waals surface area contributed by atoms with Crippen LogP contribution in [-0.2, 0) is 21.5 Å². The molecule has 1 saturated heterocycles. The van der Waals surface area contributed by atoms with Crippen LogP contribution in [0.3, 0.4) is 0 Å². The van der Waals surface area contributed by atoms with Crippen LogP contribution < -0.4 is 4.18 Å². The van der Waals surface area contributed by atoms with E-state index in [-0.39, 0.29) is 22.1 Å². The second kappa shape index (κ2) is 9.84. The molecule has 4 rings (SSSR count). The maximum atomic E-state index is 12.9. The van der Waals surface area contributed by atoms with E-state index in [0.717, 1.165) is 26.7 Å². The minimum Gasteiger partial charge on any atom is -0.378 e. The van der Waals surface area contributed by atoms with Gasteiger partial charge in [-0.15, -0.1) is 0 Å². The Morgan fingerprint density at radius 3 is 2.27 bits per heavy atom. The van der Waals surface area contributed by atoms with E-state index in [1.54, 1.807) is 30.3 Å². The van der Waals surface area contributed by atoms with Gasteiger partial charge in [-0.2, -0.15) is 8.42 Å². The van der Waals surface area contributed by atoms with Crippen LogP contribution in [0, 0.1) is 0 Å². The van der Waals surface area contributed by atoms with Gasteiger partial charge in [0.15, 0.2) is 0 Å². The van der Waals surface area contributed by atoms with E-state index in [0.29, 0.717) is 10.0 Å². The van der Waals surface area contributed by atoms with E-state index >= 15 is 0 Å². The van der Waals surface area contributed by atoms with Crippen molar-refractivity contribution in [1.82, 2.24) is 4.90 Å². The van der Waals surface area contributed by atoms with E-state index in [2.05, 4.69) is 31.9 Å². The first-order valence-electron chi connectivity index (χ1n) is 9.52. The number of rotatable bonds is 6. The van der Waals surface area contributed by atoms with E-state index in [1.807, 2.05) is 24.3 Å². The first-order valence-corrected chi connectivity index (χ1v) is 13.3. The van der Waals surface area contributed by atoms with Gasteiger partial charge in [0.25, 0.3) is 11.1 Å². The molecule has 0 spiro atoms. The molecule has 3 aromatic rings. The van der Waals surface area contributed by atoms with Crippen LogP contribution in [0.5, 0.6) is 5.75 Å². The number of hydrogen-bond donors (Lipinski definition) is 0. The van der Waals surface area contributed by atoms with Gasteiger partial charge < -0.3 is 4.18 Å². The summed E-state index contributed by atoms with van der Waals surface area (Å²) in [5.41, 5.74) is 1.15. The van der Waals surface area contributed by atoms with E-state index < -0.39 is 21.3 Å². The lowest BCUT2D eigenvalue weighted by Gasteiger charge is -2.12. The molecule has 0 aliphatic carbocycles. The first-order chi connectivity index (χ1) is 15.7. The molecule has 1 heterocycles. The number of benzene rings is 3. The van der Waals surface area contributed by atoms with E-state index in [1.165, 1.54) is 24.3 Å². The number of imide groups is 1. The Morgan fingerprint density at radius 2 is 1.58 bits per heavy atom. The number of carbonyl (C=O) groups excluding carboxylic acids is 2. The third-order valence-electron chi connectivity index (χ3n) is 4.62. The summed E-state index contributed by atoms with van der Waals surface area (Å²) in [6, 6.07) is 19.8. The predicted octanol–water partition coefficient (Wildman–Crippen LogP) is 6.22. The van der Waals surface area contributed by atoms with Crippen molar-refractivity contribution in [3.05, 3.63) is 97.8 Å². The third-order valence-corrected chi connectivity index (χ3v) is 7.80. The average Bonchev–Trinajstić information content (AvgIpc) is 3.05. The van der Waals surface area contributed by atoms with Crippen molar-refractivity contribution in [1.29, 1.82) is 0 Å². The van der Waals surface area contributed by atoms with Crippen LogP contribution >= 0.6 is 43.6 Å². The number of nitrogens with zero attached hydrogens (tertiary/aromatic N) is 1. The highest BCUT2D eigenvalue weighted by Gasteiger charge is 2.35. The third kappa shape index (κ3) is 5.57. The van der Waals surface area contributed by atoms with Crippen LogP contribution in [0.25, 0.3) is 6.08 Å². The lowest BCUT2D eigenvalue weighted by atomic mass is 10.2. The summed E-state index contributed by atoms with van der Waals surface area (Å²) >= 11 is 7.51. The monoisotopic (exact) mass is 607 g/mol. The predicted molar refractivity (Wildman–Crippen MR) is 134 cm³/mol. The topological polar surface area (TPSA) is 80.8 Å². The molecule has 33 heavy (non-hydrogen) atoms. The number of thioether (sulfide) groups is 1.